The van der Waals surface area contributed by atoms with E-state index in [0.717, 1.165) is 25.8 Å². The van der Waals surface area contributed by atoms with E-state index in [2.05, 4.69) is 45.0 Å². The first-order valence-electron chi connectivity index (χ1n) is 9.64. The Morgan fingerprint density at radius 3 is 2.35 bits per heavy atom. The molecule has 0 bridgehead atoms. The van der Waals surface area contributed by atoms with E-state index < -0.39 is 12.0 Å². The number of nitrogens with zero attached hydrogens (tertiary/aromatic N) is 2. The van der Waals surface area contributed by atoms with E-state index in [1.165, 1.54) is 11.1 Å². The number of carbonyl (C=O) groups excluding carboxylic acids is 1. The molecule has 1 aromatic carbocycles. The molecule has 5 nitrogen and oxygen atoms in total. The molecule has 0 aromatic heterocycles. The van der Waals surface area contributed by atoms with Crippen LogP contribution in [0.3, 0.4) is 0 Å². The van der Waals surface area contributed by atoms with Crippen LogP contribution >= 0.6 is 0 Å². The number of aliphatic carboxylic acids is 1. The Morgan fingerprint density at radius 2 is 1.73 bits per heavy atom. The van der Waals surface area contributed by atoms with E-state index in [1.54, 1.807) is 0 Å². The fourth-order valence-electron chi connectivity index (χ4n) is 4.18. The molecule has 2 saturated heterocycles. The van der Waals surface area contributed by atoms with Crippen LogP contribution in [0.1, 0.15) is 63.6 Å². The summed E-state index contributed by atoms with van der Waals surface area (Å²) in [7, 11) is 0. The summed E-state index contributed by atoms with van der Waals surface area (Å²) in [5, 5.41) is 9.32. The molecule has 1 N–H and O–H groups in total. The molecule has 142 valence electrons. The summed E-state index contributed by atoms with van der Waals surface area (Å²) in [5.41, 5.74) is 2.59. The highest BCUT2D eigenvalue weighted by Crippen LogP contribution is 2.33. The minimum atomic E-state index is -0.814. The Hall–Kier alpha value is -1.88. The van der Waals surface area contributed by atoms with Crippen molar-refractivity contribution in [3.05, 3.63) is 35.4 Å². The first-order valence-corrected chi connectivity index (χ1v) is 9.64. The zero-order valence-corrected chi connectivity index (χ0v) is 16.1. The number of benzene rings is 1. The molecule has 2 atom stereocenters. The maximum absolute atomic E-state index is 12.9. The molecule has 2 aliphatic rings. The maximum Gasteiger partial charge on any atom is 0.320 e. The van der Waals surface area contributed by atoms with Crippen LogP contribution in [-0.2, 0) is 15.0 Å². The highest BCUT2D eigenvalue weighted by Gasteiger charge is 2.35. The van der Waals surface area contributed by atoms with Gasteiger partial charge in [-0.25, -0.2) is 0 Å². The van der Waals surface area contributed by atoms with Gasteiger partial charge < -0.3 is 10.0 Å². The van der Waals surface area contributed by atoms with Gasteiger partial charge in [-0.3, -0.25) is 14.5 Å². The normalized spacial score (nSPS) is 24.2. The van der Waals surface area contributed by atoms with Crippen molar-refractivity contribution in [2.24, 2.45) is 0 Å². The molecule has 0 unspecified atom stereocenters. The molecule has 3 rings (SSSR count). The Labute approximate surface area is 156 Å². The van der Waals surface area contributed by atoms with Gasteiger partial charge in [-0.05, 0) is 48.8 Å². The second kappa shape index (κ2) is 7.39. The molecule has 0 saturated carbocycles. The van der Waals surface area contributed by atoms with Crippen molar-refractivity contribution in [2.45, 2.75) is 64.0 Å². The Kier molecular flexibility index (Phi) is 5.37. The third kappa shape index (κ3) is 3.93. The standard InChI is InChI=1S/C21H30N2O3/c1-21(2,3)16-10-8-15(9-11-16)17-6-5-13-23(17)19(24)14-22-12-4-7-18(22)20(25)26/h8-11,17-18H,4-7,12-14H2,1-3H3,(H,25,26)/t17-,18-/m0/s1. The van der Waals surface area contributed by atoms with Crippen molar-refractivity contribution < 1.29 is 14.7 Å². The summed E-state index contributed by atoms with van der Waals surface area (Å²) in [6.45, 7) is 8.26. The average molecular weight is 358 g/mol. The third-order valence-corrected chi connectivity index (χ3v) is 5.72. The second-order valence-electron chi connectivity index (χ2n) is 8.58. The number of amides is 1. The van der Waals surface area contributed by atoms with Gasteiger partial charge in [0.15, 0.2) is 0 Å². The van der Waals surface area contributed by atoms with E-state index in [9.17, 15) is 14.7 Å². The van der Waals surface area contributed by atoms with Crippen LogP contribution in [0.2, 0.25) is 0 Å². The number of likely N-dealkylation sites (tertiary alicyclic amines) is 2. The Morgan fingerprint density at radius 1 is 1.08 bits per heavy atom. The van der Waals surface area contributed by atoms with Crippen LogP contribution < -0.4 is 0 Å². The van der Waals surface area contributed by atoms with Gasteiger partial charge in [0, 0.05) is 6.54 Å². The summed E-state index contributed by atoms with van der Waals surface area (Å²) in [5.74, 6) is -0.758. The zero-order valence-electron chi connectivity index (χ0n) is 16.1. The molecule has 0 spiro atoms. The highest BCUT2D eigenvalue weighted by atomic mass is 16.4. The van der Waals surface area contributed by atoms with Crippen LogP contribution in [0.4, 0.5) is 0 Å². The van der Waals surface area contributed by atoms with E-state index in [1.807, 2.05) is 9.80 Å². The highest BCUT2D eigenvalue weighted by molar-refractivity contribution is 5.81. The van der Waals surface area contributed by atoms with Gasteiger partial charge in [0.1, 0.15) is 6.04 Å². The maximum atomic E-state index is 12.9. The average Bonchev–Trinajstić information content (AvgIpc) is 3.23. The molecule has 1 amide bonds. The first kappa shape index (κ1) is 18.9. The van der Waals surface area contributed by atoms with E-state index >= 15 is 0 Å². The van der Waals surface area contributed by atoms with Crippen LogP contribution in [-0.4, -0.2) is 52.5 Å². The Balaban J connectivity index is 1.69. The molecule has 5 heteroatoms. The SMILES string of the molecule is CC(C)(C)c1ccc([C@@H]2CCCN2C(=O)CN2CCC[C@H]2C(=O)O)cc1. The summed E-state index contributed by atoms with van der Waals surface area (Å²) in [4.78, 5) is 28.0. The van der Waals surface area contributed by atoms with E-state index in [0.29, 0.717) is 13.0 Å². The van der Waals surface area contributed by atoms with Crippen molar-refractivity contribution >= 4 is 11.9 Å². The lowest BCUT2D eigenvalue weighted by Gasteiger charge is -2.29. The van der Waals surface area contributed by atoms with Crippen LogP contribution in [0.25, 0.3) is 0 Å². The van der Waals surface area contributed by atoms with E-state index in [4.69, 9.17) is 0 Å². The van der Waals surface area contributed by atoms with Gasteiger partial charge in [0.05, 0.1) is 12.6 Å². The Bertz CT molecular complexity index is 663. The number of carbonyl (C=O) groups is 2. The van der Waals surface area contributed by atoms with Crippen molar-refractivity contribution in [2.75, 3.05) is 19.6 Å². The van der Waals surface area contributed by atoms with Crippen LogP contribution in [0.5, 0.6) is 0 Å². The van der Waals surface area contributed by atoms with Gasteiger partial charge in [0.25, 0.3) is 0 Å². The lowest BCUT2D eigenvalue weighted by Crippen LogP contribution is -2.44. The molecule has 2 fully saturated rings. The third-order valence-electron chi connectivity index (χ3n) is 5.72. The second-order valence-corrected chi connectivity index (χ2v) is 8.58. The lowest BCUT2D eigenvalue weighted by atomic mass is 9.86. The molecule has 1 aromatic rings. The van der Waals surface area contributed by atoms with Gasteiger partial charge in [0.2, 0.25) is 5.91 Å². The van der Waals surface area contributed by atoms with Gasteiger partial charge in [-0.2, -0.15) is 0 Å². The summed E-state index contributed by atoms with van der Waals surface area (Å²) in [6, 6.07) is 8.22. The monoisotopic (exact) mass is 358 g/mol. The van der Waals surface area contributed by atoms with E-state index in [-0.39, 0.29) is 23.9 Å². The largest absolute Gasteiger partial charge is 0.480 e. The predicted octanol–water partition coefficient (Wildman–Crippen LogP) is 3.20. The predicted molar refractivity (Wildman–Crippen MR) is 101 cm³/mol. The van der Waals surface area contributed by atoms with Gasteiger partial charge in [-0.1, -0.05) is 45.0 Å². The molecule has 0 aliphatic carbocycles. The van der Waals surface area contributed by atoms with Crippen LogP contribution in [0.15, 0.2) is 24.3 Å². The van der Waals surface area contributed by atoms with Crippen molar-refractivity contribution in [3.63, 3.8) is 0 Å². The molecule has 0 radical (unpaired) electrons. The van der Waals surface area contributed by atoms with Crippen molar-refractivity contribution in [1.29, 1.82) is 0 Å². The van der Waals surface area contributed by atoms with Crippen molar-refractivity contribution in [3.8, 4) is 0 Å². The lowest BCUT2D eigenvalue weighted by molar-refractivity contribution is -0.143. The minimum absolute atomic E-state index is 0.0561. The number of carboxylic acids is 1. The zero-order chi connectivity index (χ0) is 18.9. The molecule has 2 heterocycles. The molecule has 2 aliphatic heterocycles. The van der Waals surface area contributed by atoms with Gasteiger partial charge >= 0.3 is 5.97 Å². The number of hydrogen-bond donors (Lipinski definition) is 1. The minimum Gasteiger partial charge on any atom is -0.480 e. The summed E-state index contributed by atoms with van der Waals surface area (Å²) >= 11 is 0. The fourth-order valence-corrected chi connectivity index (χ4v) is 4.18. The first-order chi connectivity index (χ1) is 12.3. The molecule has 26 heavy (non-hydrogen) atoms. The van der Waals surface area contributed by atoms with Crippen LogP contribution in [0, 0.1) is 0 Å². The summed E-state index contributed by atoms with van der Waals surface area (Å²) in [6.07, 6.45) is 3.46. The molecular formula is C21H30N2O3. The fraction of sp³-hybridized carbons (Fsp3) is 0.619. The number of hydrogen-bond acceptors (Lipinski definition) is 3. The van der Waals surface area contributed by atoms with Gasteiger partial charge in [-0.15, -0.1) is 0 Å². The van der Waals surface area contributed by atoms with Crippen molar-refractivity contribution in [1.82, 2.24) is 9.80 Å². The smallest absolute Gasteiger partial charge is 0.320 e. The summed E-state index contributed by atoms with van der Waals surface area (Å²) < 4.78 is 0. The topological polar surface area (TPSA) is 60.9 Å². The number of rotatable bonds is 4. The number of carboxylic acid groups (broad SMARTS) is 1. The quantitative estimate of drug-likeness (QED) is 0.898. The molecular weight excluding hydrogens is 328 g/mol.